The lowest BCUT2D eigenvalue weighted by molar-refractivity contribution is -0.371. The van der Waals surface area contributed by atoms with Crippen LogP contribution < -0.4 is 0 Å². The molecule has 1 unspecified atom stereocenters. The second-order valence-corrected chi connectivity index (χ2v) is 14.4. The largest absolute Gasteiger partial charge is 0.462 e. The number of fused-ring (bicyclic) bond motifs is 5. The van der Waals surface area contributed by atoms with Gasteiger partial charge in [-0.3, -0.25) is 14.4 Å². The number of hydrogen-bond acceptors (Lipinski definition) is 6. The summed E-state index contributed by atoms with van der Waals surface area (Å²) in [5.41, 5.74) is -3.95. The van der Waals surface area contributed by atoms with Crippen molar-refractivity contribution in [2.45, 2.75) is 136 Å². The van der Waals surface area contributed by atoms with Gasteiger partial charge in [0.05, 0.1) is 0 Å². The maximum atomic E-state index is 13.8. The van der Waals surface area contributed by atoms with E-state index in [4.69, 9.17) is 9.47 Å². The van der Waals surface area contributed by atoms with Gasteiger partial charge in [0.25, 0.3) is 0 Å². The summed E-state index contributed by atoms with van der Waals surface area (Å²) in [7, 11) is 0. The zero-order valence-electron chi connectivity index (χ0n) is 26.9. The van der Waals surface area contributed by atoms with Crippen LogP contribution in [0.15, 0.2) is 11.6 Å². The number of hydrogen-bond donors (Lipinski definition) is 0. The van der Waals surface area contributed by atoms with Gasteiger partial charge in [0.2, 0.25) is 0 Å². The van der Waals surface area contributed by atoms with Gasteiger partial charge in [-0.05, 0) is 73.5 Å². The molecule has 0 bridgehead atoms. The molecule has 256 valence electrons. The monoisotopic (exact) mass is 652 g/mol. The predicted octanol–water partition coefficient (Wildman–Crippen LogP) is 8.27. The molecule has 0 aromatic heterocycles. The van der Waals surface area contributed by atoms with E-state index in [-0.39, 0.29) is 47.6 Å². The van der Waals surface area contributed by atoms with E-state index in [1.807, 2.05) is 6.92 Å². The highest BCUT2D eigenvalue weighted by atomic mass is 19.4. The van der Waals surface area contributed by atoms with Crippen molar-refractivity contribution >= 4 is 17.9 Å². The summed E-state index contributed by atoms with van der Waals surface area (Å²) in [5.74, 6) is -1.62. The fourth-order valence-corrected chi connectivity index (χ4v) is 10.1. The van der Waals surface area contributed by atoms with Gasteiger partial charge < -0.3 is 14.2 Å². The van der Waals surface area contributed by atoms with Crippen molar-refractivity contribution in [2.75, 3.05) is 0 Å². The SMILES string of the molecule is CC(=O)OC1CC2=CC[C@H]3[C@@H]4CC[C@H]([C@H](C)CCCC(OC(C)=O)(C(F)(F)F)C(F)(F)F)[C@@]4(C)CC[C@@H]3[C@@]2(C)[C@@H](OC(C)=O)C1. The van der Waals surface area contributed by atoms with Crippen LogP contribution in [0.5, 0.6) is 0 Å². The number of alkyl halides is 6. The summed E-state index contributed by atoms with van der Waals surface area (Å²) in [6.07, 6.45) is -6.57. The zero-order valence-corrected chi connectivity index (χ0v) is 26.9. The first-order chi connectivity index (χ1) is 20.7. The molecule has 0 saturated heterocycles. The summed E-state index contributed by atoms with van der Waals surface area (Å²) in [6.45, 7) is 9.58. The van der Waals surface area contributed by atoms with E-state index in [2.05, 4.69) is 24.7 Å². The normalized spacial score (nSPS) is 35.7. The standard InChI is InChI=1S/C33H46F6O6/c1-18(8-7-14-31(32(34,35)36,33(37,38)39)45-21(4)42)25-11-12-26-24-10-9-22-16-23(43-19(2)40)17-28(44-20(3)41)30(22,6)27(24)13-15-29(25,26)5/h9,18,23-28H,7-8,10-17H2,1-6H3/t18-,23?,24+,25-,26+,27+,28+,29-,30+/m1/s1. The smallest absolute Gasteiger partial charge is 0.437 e. The maximum absolute atomic E-state index is 13.8. The number of esters is 3. The molecular formula is C33H46F6O6. The zero-order chi connectivity index (χ0) is 33.8. The molecule has 45 heavy (non-hydrogen) atoms. The first-order valence-corrected chi connectivity index (χ1v) is 16.0. The summed E-state index contributed by atoms with van der Waals surface area (Å²) in [6, 6.07) is 0. The molecule has 0 aromatic carbocycles. The lowest BCUT2D eigenvalue weighted by Gasteiger charge is -2.60. The van der Waals surface area contributed by atoms with E-state index >= 15 is 0 Å². The van der Waals surface area contributed by atoms with Gasteiger partial charge in [0, 0.05) is 45.4 Å². The molecule has 0 amide bonds. The van der Waals surface area contributed by atoms with Crippen molar-refractivity contribution in [2.24, 2.45) is 40.4 Å². The van der Waals surface area contributed by atoms with E-state index in [0.717, 1.165) is 37.7 Å². The lowest BCUT2D eigenvalue weighted by Crippen LogP contribution is -2.59. The Morgan fingerprint density at radius 1 is 0.911 bits per heavy atom. The Bertz CT molecular complexity index is 1170. The van der Waals surface area contributed by atoms with Crippen LogP contribution >= 0.6 is 0 Å². The predicted molar refractivity (Wildman–Crippen MR) is 151 cm³/mol. The molecule has 0 N–H and O–H groups in total. The van der Waals surface area contributed by atoms with Crippen LogP contribution in [-0.4, -0.2) is 48.1 Å². The molecule has 0 radical (unpaired) electrons. The number of carbonyl (C=O) groups is 3. The molecule has 9 atom stereocenters. The van der Waals surface area contributed by atoms with Crippen LogP contribution in [0.4, 0.5) is 26.3 Å². The van der Waals surface area contributed by atoms with Gasteiger partial charge in [-0.1, -0.05) is 38.8 Å². The highest BCUT2D eigenvalue weighted by Gasteiger charge is 2.73. The molecule has 6 nitrogen and oxygen atoms in total. The first-order valence-electron chi connectivity index (χ1n) is 16.0. The molecule has 0 aliphatic heterocycles. The van der Waals surface area contributed by atoms with E-state index in [1.54, 1.807) is 0 Å². The van der Waals surface area contributed by atoms with Gasteiger partial charge in [0.1, 0.15) is 12.2 Å². The van der Waals surface area contributed by atoms with E-state index in [0.29, 0.717) is 25.7 Å². The quantitative estimate of drug-likeness (QED) is 0.114. The summed E-state index contributed by atoms with van der Waals surface area (Å²) >= 11 is 0. The fourth-order valence-electron chi connectivity index (χ4n) is 10.1. The third kappa shape index (κ3) is 6.36. The fraction of sp³-hybridized carbons (Fsp3) is 0.848. The van der Waals surface area contributed by atoms with E-state index < -0.39 is 54.3 Å². The number of halogens is 6. The molecule has 4 aliphatic rings. The Balaban J connectivity index is 1.51. The van der Waals surface area contributed by atoms with E-state index in [9.17, 15) is 40.7 Å². The van der Waals surface area contributed by atoms with Crippen LogP contribution in [0.3, 0.4) is 0 Å². The molecule has 0 heterocycles. The number of carbonyl (C=O) groups excluding carboxylic acids is 3. The Hall–Kier alpha value is -2.27. The van der Waals surface area contributed by atoms with Crippen molar-refractivity contribution in [3.63, 3.8) is 0 Å². The van der Waals surface area contributed by atoms with Crippen LogP contribution in [-0.2, 0) is 28.6 Å². The van der Waals surface area contributed by atoms with E-state index in [1.165, 1.54) is 13.8 Å². The van der Waals surface area contributed by atoms with Crippen molar-refractivity contribution in [3.05, 3.63) is 11.6 Å². The minimum absolute atomic E-state index is 0.116. The summed E-state index contributed by atoms with van der Waals surface area (Å²) < 4.78 is 98.1. The van der Waals surface area contributed by atoms with Crippen LogP contribution in [0.1, 0.15) is 106 Å². The molecular weight excluding hydrogens is 606 g/mol. The van der Waals surface area contributed by atoms with Gasteiger partial charge in [-0.15, -0.1) is 0 Å². The number of allylic oxidation sites excluding steroid dienone is 1. The first kappa shape index (κ1) is 35.6. The minimum atomic E-state index is -5.80. The highest BCUT2D eigenvalue weighted by molar-refractivity contribution is 5.67. The molecule has 3 saturated carbocycles. The van der Waals surface area contributed by atoms with Crippen LogP contribution in [0, 0.1) is 40.4 Å². The van der Waals surface area contributed by atoms with Crippen molar-refractivity contribution < 1.29 is 54.9 Å². The van der Waals surface area contributed by atoms with Crippen molar-refractivity contribution in [1.82, 2.24) is 0 Å². The second kappa shape index (κ2) is 12.4. The van der Waals surface area contributed by atoms with Gasteiger partial charge in [0.15, 0.2) is 0 Å². The van der Waals surface area contributed by atoms with Gasteiger partial charge >= 0.3 is 35.9 Å². The average molecular weight is 653 g/mol. The molecule has 4 rings (SSSR count). The Labute approximate surface area is 261 Å². The molecule has 0 spiro atoms. The molecule has 4 aliphatic carbocycles. The molecule has 12 heteroatoms. The van der Waals surface area contributed by atoms with Crippen LogP contribution in [0.2, 0.25) is 0 Å². The highest BCUT2D eigenvalue weighted by Crippen LogP contribution is 2.68. The number of ether oxygens (including phenoxy) is 3. The minimum Gasteiger partial charge on any atom is -0.462 e. The Kier molecular flexibility index (Phi) is 9.80. The third-order valence-corrected chi connectivity index (χ3v) is 12.0. The lowest BCUT2D eigenvalue weighted by atomic mass is 9.46. The summed E-state index contributed by atoms with van der Waals surface area (Å²) in [4.78, 5) is 35.3. The maximum Gasteiger partial charge on any atom is 0.437 e. The third-order valence-electron chi connectivity index (χ3n) is 12.0. The average Bonchev–Trinajstić information content (AvgIpc) is 3.24. The summed E-state index contributed by atoms with van der Waals surface area (Å²) in [5, 5.41) is 0. The van der Waals surface area contributed by atoms with Gasteiger partial charge in [-0.2, -0.15) is 26.3 Å². The van der Waals surface area contributed by atoms with Crippen LogP contribution in [0.25, 0.3) is 0 Å². The Morgan fingerprint density at radius 3 is 2.09 bits per heavy atom. The van der Waals surface area contributed by atoms with Gasteiger partial charge in [-0.25, -0.2) is 0 Å². The second-order valence-electron chi connectivity index (χ2n) is 14.4. The topological polar surface area (TPSA) is 78.9 Å². The molecule has 0 aromatic rings. The van der Waals surface area contributed by atoms with Crippen molar-refractivity contribution in [3.8, 4) is 0 Å². The van der Waals surface area contributed by atoms with Crippen molar-refractivity contribution in [1.29, 1.82) is 0 Å². The number of rotatable bonds is 8. The Morgan fingerprint density at radius 2 is 1.53 bits per heavy atom. The molecule has 3 fully saturated rings.